The van der Waals surface area contributed by atoms with Gasteiger partial charge in [0.2, 0.25) is 0 Å². The summed E-state index contributed by atoms with van der Waals surface area (Å²) < 4.78 is 5.31. The topological polar surface area (TPSA) is 48.3 Å². The quantitative estimate of drug-likeness (QED) is 0.761. The summed E-state index contributed by atoms with van der Waals surface area (Å²) >= 11 is 0. The minimum atomic E-state index is -0.388. The van der Waals surface area contributed by atoms with E-state index in [9.17, 15) is 5.26 Å². The van der Waals surface area contributed by atoms with Crippen LogP contribution >= 0.6 is 0 Å². The Hall–Kier alpha value is -0.630. The van der Waals surface area contributed by atoms with Crippen LogP contribution in [0, 0.1) is 11.3 Å². The standard InChI is InChI=1S/C13H25N3O/c1-12(2)15-13(3,11-14)5-4-6-16-7-9-17-10-8-16/h12,15H,4-10H2,1-3H3. The molecule has 17 heavy (non-hydrogen) atoms. The Morgan fingerprint density at radius 3 is 2.59 bits per heavy atom. The molecular weight excluding hydrogens is 214 g/mol. The molecule has 0 saturated carbocycles. The molecule has 98 valence electrons. The molecule has 0 aromatic rings. The van der Waals surface area contributed by atoms with Gasteiger partial charge in [-0.2, -0.15) is 5.26 Å². The molecule has 0 radical (unpaired) electrons. The molecule has 1 rings (SSSR count). The van der Waals surface area contributed by atoms with Gasteiger partial charge in [0.15, 0.2) is 0 Å². The number of rotatable bonds is 6. The SMILES string of the molecule is CC(C)NC(C)(C#N)CCCN1CCOCC1. The van der Waals surface area contributed by atoms with Gasteiger partial charge in [0.25, 0.3) is 0 Å². The number of nitrogens with one attached hydrogen (secondary N) is 1. The Morgan fingerprint density at radius 2 is 2.06 bits per heavy atom. The van der Waals surface area contributed by atoms with Gasteiger partial charge in [0.05, 0.1) is 19.3 Å². The highest BCUT2D eigenvalue weighted by Crippen LogP contribution is 2.13. The Bertz CT molecular complexity index is 256. The zero-order valence-corrected chi connectivity index (χ0v) is 11.3. The molecule has 1 fully saturated rings. The lowest BCUT2D eigenvalue weighted by atomic mass is 9.96. The van der Waals surface area contributed by atoms with Gasteiger partial charge in [-0.15, -0.1) is 0 Å². The normalized spacial score (nSPS) is 21.1. The fourth-order valence-corrected chi connectivity index (χ4v) is 2.28. The van der Waals surface area contributed by atoms with E-state index in [0.29, 0.717) is 6.04 Å². The van der Waals surface area contributed by atoms with Crippen LogP contribution in [0.4, 0.5) is 0 Å². The minimum absolute atomic E-state index is 0.350. The smallest absolute Gasteiger partial charge is 0.104 e. The summed E-state index contributed by atoms with van der Waals surface area (Å²) in [7, 11) is 0. The molecule has 1 atom stereocenters. The van der Waals surface area contributed by atoms with Crippen molar-refractivity contribution in [2.45, 2.75) is 45.2 Å². The molecule has 1 aliphatic heterocycles. The van der Waals surface area contributed by atoms with Gasteiger partial charge in [0.1, 0.15) is 5.54 Å². The maximum atomic E-state index is 9.23. The summed E-state index contributed by atoms with van der Waals surface area (Å²) in [5.74, 6) is 0. The van der Waals surface area contributed by atoms with Gasteiger partial charge in [-0.05, 0) is 40.2 Å². The lowest BCUT2D eigenvalue weighted by Crippen LogP contribution is -2.45. The number of hydrogen-bond donors (Lipinski definition) is 1. The van der Waals surface area contributed by atoms with Gasteiger partial charge in [-0.25, -0.2) is 0 Å². The van der Waals surface area contributed by atoms with Crippen LogP contribution < -0.4 is 5.32 Å². The average molecular weight is 239 g/mol. The second-order valence-corrected chi connectivity index (χ2v) is 5.30. The van der Waals surface area contributed by atoms with Gasteiger partial charge < -0.3 is 4.74 Å². The van der Waals surface area contributed by atoms with E-state index in [1.165, 1.54) is 0 Å². The van der Waals surface area contributed by atoms with E-state index >= 15 is 0 Å². The zero-order chi connectivity index (χ0) is 12.7. The summed E-state index contributed by atoms with van der Waals surface area (Å²) in [5, 5.41) is 12.6. The van der Waals surface area contributed by atoms with Crippen molar-refractivity contribution >= 4 is 0 Å². The first-order valence-corrected chi connectivity index (χ1v) is 6.55. The Labute approximate surface area is 105 Å². The first kappa shape index (κ1) is 14.4. The van der Waals surface area contributed by atoms with Crippen LogP contribution in [0.15, 0.2) is 0 Å². The fraction of sp³-hybridized carbons (Fsp3) is 0.923. The molecule has 0 amide bonds. The number of morpholine rings is 1. The second kappa shape index (κ2) is 6.95. The van der Waals surface area contributed by atoms with Crippen LogP contribution in [-0.2, 0) is 4.74 Å². The van der Waals surface area contributed by atoms with Crippen molar-refractivity contribution in [2.24, 2.45) is 0 Å². The molecule has 1 N–H and O–H groups in total. The third-order valence-corrected chi connectivity index (χ3v) is 3.11. The van der Waals surface area contributed by atoms with Crippen molar-refractivity contribution in [3.8, 4) is 6.07 Å². The van der Waals surface area contributed by atoms with Crippen LogP contribution in [0.1, 0.15) is 33.6 Å². The summed E-state index contributed by atoms with van der Waals surface area (Å²) in [4.78, 5) is 2.41. The van der Waals surface area contributed by atoms with E-state index in [1.807, 2.05) is 6.92 Å². The molecule has 1 saturated heterocycles. The van der Waals surface area contributed by atoms with Crippen molar-refractivity contribution in [1.82, 2.24) is 10.2 Å². The van der Waals surface area contributed by atoms with E-state index in [2.05, 4.69) is 30.1 Å². The van der Waals surface area contributed by atoms with Gasteiger partial charge >= 0.3 is 0 Å². The Morgan fingerprint density at radius 1 is 1.41 bits per heavy atom. The van der Waals surface area contributed by atoms with E-state index in [1.54, 1.807) is 0 Å². The third kappa shape index (κ3) is 5.49. The second-order valence-electron chi connectivity index (χ2n) is 5.30. The lowest BCUT2D eigenvalue weighted by Gasteiger charge is -2.29. The van der Waals surface area contributed by atoms with E-state index < -0.39 is 0 Å². The van der Waals surface area contributed by atoms with Crippen molar-refractivity contribution in [3.05, 3.63) is 0 Å². The maximum absolute atomic E-state index is 9.23. The minimum Gasteiger partial charge on any atom is -0.379 e. The highest BCUT2D eigenvalue weighted by Gasteiger charge is 2.24. The third-order valence-electron chi connectivity index (χ3n) is 3.11. The Kier molecular flexibility index (Phi) is 5.90. The monoisotopic (exact) mass is 239 g/mol. The summed E-state index contributed by atoms with van der Waals surface area (Å²) in [6.07, 6.45) is 1.96. The van der Waals surface area contributed by atoms with Crippen molar-refractivity contribution in [1.29, 1.82) is 5.26 Å². The number of hydrogen-bond acceptors (Lipinski definition) is 4. The van der Waals surface area contributed by atoms with E-state index in [0.717, 1.165) is 45.7 Å². The molecule has 0 bridgehead atoms. The van der Waals surface area contributed by atoms with Crippen LogP contribution in [0.25, 0.3) is 0 Å². The molecule has 4 heteroatoms. The largest absolute Gasteiger partial charge is 0.379 e. The van der Waals surface area contributed by atoms with Crippen molar-refractivity contribution in [2.75, 3.05) is 32.8 Å². The van der Waals surface area contributed by atoms with Gasteiger partial charge in [-0.3, -0.25) is 10.2 Å². The molecule has 0 aliphatic carbocycles. The van der Waals surface area contributed by atoms with Crippen LogP contribution in [-0.4, -0.2) is 49.3 Å². The summed E-state index contributed by atoms with van der Waals surface area (Å²) in [6.45, 7) is 11.0. The predicted molar refractivity (Wildman–Crippen MR) is 68.8 cm³/mol. The highest BCUT2D eigenvalue weighted by atomic mass is 16.5. The molecule has 1 aliphatic rings. The van der Waals surface area contributed by atoms with E-state index in [-0.39, 0.29) is 5.54 Å². The first-order valence-electron chi connectivity index (χ1n) is 6.55. The molecule has 1 heterocycles. The molecule has 1 unspecified atom stereocenters. The van der Waals surface area contributed by atoms with Crippen LogP contribution in [0.3, 0.4) is 0 Å². The summed E-state index contributed by atoms with van der Waals surface area (Å²) in [6, 6.07) is 2.74. The molecule has 0 aromatic heterocycles. The van der Waals surface area contributed by atoms with Crippen LogP contribution in [0.2, 0.25) is 0 Å². The number of nitriles is 1. The Balaban J connectivity index is 2.25. The zero-order valence-electron chi connectivity index (χ0n) is 11.3. The van der Waals surface area contributed by atoms with Crippen molar-refractivity contribution < 1.29 is 4.74 Å². The van der Waals surface area contributed by atoms with Gasteiger partial charge in [0, 0.05) is 19.1 Å². The molecule has 4 nitrogen and oxygen atoms in total. The van der Waals surface area contributed by atoms with Crippen molar-refractivity contribution in [3.63, 3.8) is 0 Å². The number of ether oxygens (including phenoxy) is 1. The fourth-order valence-electron chi connectivity index (χ4n) is 2.28. The average Bonchev–Trinajstić information content (AvgIpc) is 2.29. The highest BCUT2D eigenvalue weighted by molar-refractivity contribution is 5.04. The first-order chi connectivity index (χ1) is 8.06. The summed E-state index contributed by atoms with van der Waals surface area (Å²) in [5.41, 5.74) is -0.388. The predicted octanol–water partition coefficient (Wildman–Crippen LogP) is 1.38. The number of nitrogens with zero attached hydrogens (tertiary/aromatic N) is 2. The van der Waals surface area contributed by atoms with Crippen LogP contribution in [0.5, 0.6) is 0 Å². The maximum Gasteiger partial charge on any atom is 0.104 e. The molecule has 0 spiro atoms. The van der Waals surface area contributed by atoms with Gasteiger partial charge in [-0.1, -0.05) is 0 Å². The molecule has 0 aromatic carbocycles. The van der Waals surface area contributed by atoms with E-state index in [4.69, 9.17) is 4.74 Å². The lowest BCUT2D eigenvalue weighted by molar-refractivity contribution is 0.0366. The molecular formula is C13H25N3O.